The second-order valence-electron chi connectivity index (χ2n) is 5.18. The van der Waals surface area contributed by atoms with Crippen LogP contribution < -0.4 is 0 Å². The standard InChI is InChI=1S/C13H17N5O2/c1-10-4-6-17(7-5-10)12(19)9-18-15-13(14-16-18)11-3-2-8-20-11/h2-3,8,10H,4-7,9H2,1H3. The van der Waals surface area contributed by atoms with Gasteiger partial charge >= 0.3 is 0 Å². The van der Waals surface area contributed by atoms with Crippen LogP contribution in [-0.2, 0) is 11.3 Å². The van der Waals surface area contributed by atoms with Crippen molar-refractivity contribution in [2.24, 2.45) is 5.92 Å². The first-order valence-corrected chi connectivity index (χ1v) is 6.82. The van der Waals surface area contributed by atoms with Crippen molar-refractivity contribution in [3.05, 3.63) is 18.4 Å². The molecule has 0 spiro atoms. The highest BCUT2D eigenvalue weighted by Crippen LogP contribution is 2.16. The van der Waals surface area contributed by atoms with Crippen LogP contribution in [0.1, 0.15) is 19.8 Å². The number of carbonyl (C=O) groups is 1. The molecule has 1 saturated heterocycles. The third kappa shape index (κ3) is 2.71. The molecule has 0 N–H and O–H groups in total. The molecular weight excluding hydrogens is 258 g/mol. The summed E-state index contributed by atoms with van der Waals surface area (Å²) < 4.78 is 5.19. The Morgan fingerprint density at radius 3 is 2.95 bits per heavy atom. The van der Waals surface area contributed by atoms with E-state index in [2.05, 4.69) is 22.3 Å². The van der Waals surface area contributed by atoms with E-state index < -0.39 is 0 Å². The summed E-state index contributed by atoms with van der Waals surface area (Å²) in [6, 6.07) is 3.52. The summed E-state index contributed by atoms with van der Waals surface area (Å²) in [7, 11) is 0. The second kappa shape index (κ2) is 5.44. The van der Waals surface area contributed by atoms with Crippen molar-refractivity contribution in [1.29, 1.82) is 0 Å². The number of amides is 1. The lowest BCUT2D eigenvalue weighted by Crippen LogP contribution is -2.40. The van der Waals surface area contributed by atoms with E-state index >= 15 is 0 Å². The maximum atomic E-state index is 12.1. The number of likely N-dealkylation sites (tertiary alicyclic amines) is 1. The van der Waals surface area contributed by atoms with Gasteiger partial charge in [0.25, 0.3) is 0 Å². The molecule has 1 aliphatic rings. The van der Waals surface area contributed by atoms with Gasteiger partial charge in [-0.25, -0.2) is 0 Å². The molecule has 3 heterocycles. The highest BCUT2D eigenvalue weighted by Gasteiger charge is 2.21. The monoisotopic (exact) mass is 275 g/mol. The van der Waals surface area contributed by atoms with E-state index in [1.165, 1.54) is 4.80 Å². The number of carbonyl (C=O) groups excluding carboxylic acids is 1. The average Bonchev–Trinajstić information content (AvgIpc) is 3.09. The Kier molecular flexibility index (Phi) is 3.49. The first kappa shape index (κ1) is 12.8. The van der Waals surface area contributed by atoms with Gasteiger partial charge in [-0.15, -0.1) is 10.2 Å². The van der Waals surface area contributed by atoms with Gasteiger partial charge in [0, 0.05) is 13.1 Å². The van der Waals surface area contributed by atoms with Gasteiger partial charge in [-0.1, -0.05) is 6.92 Å². The molecule has 0 bridgehead atoms. The van der Waals surface area contributed by atoms with Gasteiger partial charge in [0.05, 0.1) is 6.26 Å². The van der Waals surface area contributed by atoms with Crippen LogP contribution in [0.3, 0.4) is 0 Å². The van der Waals surface area contributed by atoms with E-state index in [1.807, 2.05) is 4.90 Å². The van der Waals surface area contributed by atoms with Crippen LogP contribution in [0.4, 0.5) is 0 Å². The summed E-state index contributed by atoms with van der Waals surface area (Å²) in [5.41, 5.74) is 0. The molecule has 20 heavy (non-hydrogen) atoms. The van der Waals surface area contributed by atoms with Crippen LogP contribution in [-0.4, -0.2) is 44.1 Å². The van der Waals surface area contributed by atoms with Crippen LogP contribution in [0.25, 0.3) is 11.6 Å². The maximum absolute atomic E-state index is 12.1. The topological polar surface area (TPSA) is 77.0 Å². The van der Waals surface area contributed by atoms with Gasteiger partial charge in [0.1, 0.15) is 6.54 Å². The van der Waals surface area contributed by atoms with Crippen LogP contribution in [0, 0.1) is 5.92 Å². The minimum Gasteiger partial charge on any atom is -0.461 e. The Hall–Kier alpha value is -2.18. The molecular formula is C13H17N5O2. The van der Waals surface area contributed by atoms with Crippen molar-refractivity contribution >= 4 is 5.91 Å². The number of tetrazole rings is 1. The first-order valence-electron chi connectivity index (χ1n) is 6.82. The molecule has 0 saturated carbocycles. The number of aromatic nitrogens is 4. The van der Waals surface area contributed by atoms with E-state index in [1.54, 1.807) is 18.4 Å². The molecule has 0 atom stereocenters. The zero-order valence-corrected chi connectivity index (χ0v) is 11.4. The van der Waals surface area contributed by atoms with Crippen molar-refractivity contribution in [1.82, 2.24) is 25.1 Å². The predicted octanol–water partition coefficient (Wildman–Crippen LogP) is 1.19. The van der Waals surface area contributed by atoms with E-state index in [4.69, 9.17) is 4.42 Å². The van der Waals surface area contributed by atoms with Crippen LogP contribution >= 0.6 is 0 Å². The van der Waals surface area contributed by atoms with Crippen LogP contribution in [0.2, 0.25) is 0 Å². The number of hydrogen-bond donors (Lipinski definition) is 0. The molecule has 1 amide bonds. The summed E-state index contributed by atoms with van der Waals surface area (Å²) >= 11 is 0. The maximum Gasteiger partial charge on any atom is 0.246 e. The van der Waals surface area contributed by atoms with Crippen molar-refractivity contribution < 1.29 is 9.21 Å². The molecule has 7 heteroatoms. The number of rotatable bonds is 3. The predicted molar refractivity (Wildman–Crippen MR) is 70.5 cm³/mol. The fourth-order valence-electron chi connectivity index (χ4n) is 2.29. The Bertz CT molecular complexity index is 569. The van der Waals surface area contributed by atoms with Gasteiger partial charge in [0.15, 0.2) is 5.76 Å². The van der Waals surface area contributed by atoms with E-state index in [-0.39, 0.29) is 12.5 Å². The van der Waals surface area contributed by atoms with E-state index in [0.29, 0.717) is 17.5 Å². The largest absolute Gasteiger partial charge is 0.461 e. The quantitative estimate of drug-likeness (QED) is 0.841. The second-order valence-corrected chi connectivity index (χ2v) is 5.18. The third-order valence-electron chi connectivity index (χ3n) is 3.61. The smallest absolute Gasteiger partial charge is 0.246 e. The summed E-state index contributed by atoms with van der Waals surface area (Å²) in [5.74, 6) is 1.69. The van der Waals surface area contributed by atoms with Gasteiger partial charge in [-0.3, -0.25) is 4.79 Å². The minimum atomic E-state index is 0.0419. The Labute approximate surface area is 116 Å². The SMILES string of the molecule is CC1CCN(C(=O)Cn2nnc(-c3ccco3)n2)CC1. The third-order valence-corrected chi connectivity index (χ3v) is 3.61. The molecule has 0 unspecified atom stereocenters. The minimum absolute atomic E-state index is 0.0419. The Morgan fingerprint density at radius 2 is 2.25 bits per heavy atom. The van der Waals surface area contributed by atoms with E-state index in [9.17, 15) is 4.79 Å². The zero-order chi connectivity index (χ0) is 13.9. The Morgan fingerprint density at radius 1 is 1.45 bits per heavy atom. The normalized spacial score (nSPS) is 16.6. The number of piperidine rings is 1. The molecule has 2 aromatic heterocycles. The number of hydrogen-bond acceptors (Lipinski definition) is 5. The average molecular weight is 275 g/mol. The molecule has 0 radical (unpaired) electrons. The lowest BCUT2D eigenvalue weighted by atomic mass is 9.99. The fourth-order valence-corrected chi connectivity index (χ4v) is 2.29. The summed E-state index contributed by atoms with van der Waals surface area (Å²) in [6.45, 7) is 3.98. The number of nitrogens with zero attached hydrogens (tertiary/aromatic N) is 5. The van der Waals surface area contributed by atoms with Gasteiger partial charge < -0.3 is 9.32 Å². The lowest BCUT2D eigenvalue weighted by Gasteiger charge is -2.30. The molecule has 7 nitrogen and oxygen atoms in total. The van der Waals surface area contributed by atoms with Gasteiger partial charge in [0.2, 0.25) is 11.7 Å². The van der Waals surface area contributed by atoms with Crippen molar-refractivity contribution in [3.8, 4) is 11.6 Å². The summed E-state index contributed by atoms with van der Waals surface area (Å²) in [5, 5.41) is 11.9. The van der Waals surface area contributed by atoms with Crippen molar-refractivity contribution in [2.45, 2.75) is 26.3 Å². The lowest BCUT2D eigenvalue weighted by molar-refractivity contribution is -0.133. The molecule has 106 valence electrons. The van der Waals surface area contributed by atoms with Crippen molar-refractivity contribution in [3.63, 3.8) is 0 Å². The molecule has 0 aromatic carbocycles. The number of furan rings is 1. The van der Waals surface area contributed by atoms with Gasteiger partial charge in [-0.05, 0) is 36.1 Å². The molecule has 1 aliphatic heterocycles. The van der Waals surface area contributed by atoms with Gasteiger partial charge in [-0.2, -0.15) is 4.80 Å². The molecule has 0 aliphatic carbocycles. The molecule has 3 rings (SSSR count). The summed E-state index contributed by atoms with van der Waals surface area (Å²) in [6.07, 6.45) is 3.68. The van der Waals surface area contributed by atoms with Crippen LogP contribution in [0.15, 0.2) is 22.8 Å². The first-order chi connectivity index (χ1) is 9.72. The zero-order valence-electron chi connectivity index (χ0n) is 11.4. The highest BCUT2D eigenvalue weighted by atomic mass is 16.3. The van der Waals surface area contributed by atoms with E-state index in [0.717, 1.165) is 25.9 Å². The van der Waals surface area contributed by atoms with Crippen LogP contribution in [0.5, 0.6) is 0 Å². The summed E-state index contributed by atoms with van der Waals surface area (Å²) in [4.78, 5) is 15.3. The molecule has 1 fully saturated rings. The molecule has 2 aromatic rings. The fraction of sp³-hybridized carbons (Fsp3) is 0.538. The van der Waals surface area contributed by atoms with Crippen molar-refractivity contribution in [2.75, 3.05) is 13.1 Å². The highest BCUT2D eigenvalue weighted by molar-refractivity contribution is 5.75. The Balaban J connectivity index is 1.62.